The number of aliphatic hydroxyl groups is 1. The van der Waals surface area contributed by atoms with Crippen molar-refractivity contribution in [2.75, 3.05) is 25.1 Å². The topological polar surface area (TPSA) is 145 Å². The number of benzene rings is 2. The molecule has 2 atom stereocenters. The normalized spacial score (nSPS) is 13.6. The molecule has 2 aromatic heterocycles. The largest absolute Gasteiger partial charge is 0.381 e. The number of nitrogens with zero attached hydrogens (tertiary/aromatic N) is 8. The lowest BCUT2D eigenvalue weighted by molar-refractivity contribution is -0.153. The summed E-state index contributed by atoms with van der Waals surface area (Å²) in [5, 5.41) is 30.0. The van der Waals surface area contributed by atoms with Crippen LogP contribution in [0, 0.1) is 11.6 Å². The molecule has 2 heterocycles. The van der Waals surface area contributed by atoms with E-state index in [9.17, 15) is 14.3 Å². The third-order valence-electron chi connectivity index (χ3n) is 6.47. The van der Waals surface area contributed by atoms with Crippen LogP contribution in [-0.4, -0.2) is 83.1 Å². The van der Waals surface area contributed by atoms with Gasteiger partial charge >= 0.3 is 6.03 Å². The summed E-state index contributed by atoms with van der Waals surface area (Å²) < 4.78 is 43.1. The van der Waals surface area contributed by atoms with Gasteiger partial charge in [-0.05, 0) is 61.5 Å². The van der Waals surface area contributed by atoms with Crippen LogP contribution in [0.5, 0.6) is 0 Å². The van der Waals surface area contributed by atoms with E-state index in [0.717, 1.165) is 12.1 Å². The van der Waals surface area contributed by atoms with Crippen molar-refractivity contribution in [3.63, 3.8) is 0 Å². The van der Waals surface area contributed by atoms with Gasteiger partial charge in [0.25, 0.3) is 0 Å². The van der Waals surface area contributed by atoms with E-state index >= 15 is 4.39 Å². The third-order valence-corrected chi connectivity index (χ3v) is 6.47. The lowest BCUT2D eigenvalue weighted by atomic mass is 9.85. The van der Waals surface area contributed by atoms with Crippen molar-refractivity contribution in [3.8, 4) is 5.69 Å². The van der Waals surface area contributed by atoms with Crippen molar-refractivity contribution in [1.82, 2.24) is 39.9 Å². The quantitative estimate of drug-likeness (QED) is 0.231. The number of nitrogens with one attached hydrogen (secondary N) is 1. The number of carbonyl (C=O) groups excluding carboxylic acids is 1. The van der Waals surface area contributed by atoms with Gasteiger partial charge in [0, 0.05) is 30.5 Å². The first kappa shape index (κ1) is 29.6. The zero-order chi connectivity index (χ0) is 29.4. The summed E-state index contributed by atoms with van der Waals surface area (Å²) in [5.41, 5.74) is -1.22. The van der Waals surface area contributed by atoms with Gasteiger partial charge in [-0.2, -0.15) is 5.10 Å². The molecule has 218 valence electrons. The number of rotatable bonds is 13. The van der Waals surface area contributed by atoms with Gasteiger partial charge < -0.3 is 24.8 Å². The van der Waals surface area contributed by atoms with Crippen molar-refractivity contribution in [3.05, 3.63) is 78.6 Å². The van der Waals surface area contributed by atoms with E-state index in [4.69, 9.17) is 9.47 Å². The molecule has 15 heteroatoms. The van der Waals surface area contributed by atoms with Crippen LogP contribution in [0.2, 0.25) is 0 Å². The lowest BCUT2D eigenvalue weighted by Crippen LogP contribution is -2.57. The SMILES string of the molecule is CCOC(CN(C(=O)Nc1ccc(-n2cnnn2)cc1)[C@@H](C)[C@](O)(Cn1cncn1)c1ccc(F)cc1F)OCC. The highest BCUT2D eigenvalue weighted by atomic mass is 19.1. The fourth-order valence-electron chi connectivity index (χ4n) is 4.38. The van der Waals surface area contributed by atoms with Crippen LogP contribution in [0.25, 0.3) is 5.69 Å². The molecule has 0 bridgehead atoms. The van der Waals surface area contributed by atoms with E-state index in [0.29, 0.717) is 30.7 Å². The fraction of sp³-hybridized carbons (Fsp3) is 0.385. The Balaban J connectivity index is 1.69. The van der Waals surface area contributed by atoms with Crippen LogP contribution in [-0.2, 0) is 21.6 Å². The third kappa shape index (κ3) is 7.06. The standard InChI is InChI=1S/C26H31F2N9O4/c1-4-40-24(41-5-2)13-36(25(38)32-20-7-9-21(10-8-20)37-17-30-33-34-37)18(3)26(39,14-35-16-29-15-31-35)22-11-6-19(27)12-23(22)28/h6-12,15-18,24,39H,4-5,13-14H2,1-3H3,(H,32,38)/t18-,26+/m0/s1. The van der Waals surface area contributed by atoms with E-state index in [1.807, 2.05) is 0 Å². The molecule has 2 N–H and O–H groups in total. The van der Waals surface area contributed by atoms with E-state index in [1.54, 1.807) is 45.0 Å². The molecule has 4 rings (SSSR count). The second-order valence-electron chi connectivity index (χ2n) is 9.04. The van der Waals surface area contributed by atoms with Gasteiger partial charge in [0.15, 0.2) is 6.29 Å². The minimum atomic E-state index is -2.09. The Kier molecular flexibility index (Phi) is 9.65. The van der Waals surface area contributed by atoms with Crippen molar-refractivity contribution in [1.29, 1.82) is 0 Å². The van der Waals surface area contributed by atoms with E-state index in [1.165, 1.54) is 33.2 Å². The summed E-state index contributed by atoms with van der Waals surface area (Å²) in [5.74, 6) is -1.79. The molecule has 0 unspecified atom stereocenters. The maximum Gasteiger partial charge on any atom is 0.322 e. The first-order chi connectivity index (χ1) is 19.7. The maximum absolute atomic E-state index is 15.2. The van der Waals surface area contributed by atoms with Crippen LogP contribution in [0.4, 0.5) is 19.3 Å². The van der Waals surface area contributed by atoms with Crippen molar-refractivity contribution in [2.45, 2.75) is 45.2 Å². The number of aromatic nitrogens is 7. The molecule has 0 radical (unpaired) electrons. The first-order valence-electron chi connectivity index (χ1n) is 12.9. The monoisotopic (exact) mass is 571 g/mol. The van der Waals surface area contributed by atoms with E-state index < -0.39 is 35.6 Å². The highest BCUT2D eigenvalue weighted by Gasteiger charge is 2.44. The zero-order valence-corrected chi connectivity index (χ0v) is 22.8. The summed E-state index contributed by atoms with van der Waals surface area (Å²) in [6.07, 6.45) is 3.19. The Morgan fingerprint density at radius 1 is 1.12 bits per heavy atom. The molecule has 2 amide bonds. The highest BCUT2D eigenvalue weighted by molar-refractivity contribution is 5.89. The number of hydrogen-bond acceptors (Lipinski definition) is 9. The molecular formula is C26H31F2N9O4. The molecule has 0 aliphatic rings. The summed E-state index contributed by atoms with van der Waals surface area (Å²) >= 11 is 0. The van der Waals surface area contributed by atoms with Crippen molar-refractivity contribution < 1.29 is 28.2 Å². The van der Waals surface area contributed by atoms with Gasteiger partial charge in [-0.25, -0.2) is 27.9 Å². The van der Waals surface area contributed by atoms with Gasteiger partial charge in [-0.1, -0.05) is 6.07 Å². The summed E-state index contributed by atoms with van der Waals surface area (Å²) in [6, 6.07) is 7.84. The molecule has 41 heavy (non-hydrogen) atoms. The van der Waals surface area contributed by atoms with Crippen molar-refractivity contribution >= 4 is 11.7 Å². The molecule has 0 aliphatic heterocycles. The molecule has 4 aromatic rings. The van der Waals surface area contributed by atoms with Crippen LogP contribution >= 0.6 is 0 Å². The average molecular weight is 572 g/mol. The predicted octanol–water partition coefficient (Wildman–Crippen LogP) is 2.74. The Labute approximate surface area is 234 Å². The zero-order valence-electron chi connectivity index (χ0n) is 22.8. The van der Waals surface area contributed by atoms with Gasteiger partial charge in [-0.15, -0.1) is 5.10 Å². The number of amides is 2. The molecule has 0 saturated heterocycles. The average Bonchev–Trinajstić information content (AvgIpc) is 3.67. The molecule has 0 spiro atoms. The number of carbonyl (C=O) groups is 1. The Morgan fingerprint density at radius 3 is 2.44 bits per heavy atom. The van der Waals surface area contributed by atoms with Gasteiger partial charge in [0.2, 0.25) is 0 Å². The van der Waals surface area contributed by atoms with E-state index in [2.05, 4.69) is 30.9 Å². The van der Waals surface area contributed by atoms with Gasteiger partial charge in [0.1, 0.15) is 36.2 Å². The Hall–Kier alpha value is -4.34. The molecule has 2 aromatic carbocycles. The minimum absolute atomic E-state index is 0.125. The number of hydrogen-bond donors (Lipinski definition) is 2. The molecule has 13 nitrogen and oxygen atoms in total. The second kappa shape index (κ2) is 13.3. The lowest BCUT2D eigenvalue weighted by Gasteiger charge is -2.42. The summed E-state index contributed by atoms with van der Waals surface area (Å²) in [6.45, 7) is 5.28. The summed E-state index contributed by atoms with van der Waals surface area (Å²) in [7, 11) is 0. The number of tetrazole rings is 1. The van der Waals surface area contributed by atoms with Crippen LogP contribution in [0.15, 0.2) is 61.4 Å². The van der Waals surface area contributed by atoms with Crippen molar-refractivity contribution in [2.24, 2.45) is 0 Å². The first-order valence-corrected chi connectivity index (χ1v) is 12.9. The Morgan fingerprint density at radius 2 is 1.85 bits per heavy atom. The number of urea groups is 1. The molecular weight excluding hydrogens is 540 g/mol. The van der Waals surface area contributed by atoms with Crippen LogP contribution < -0.4 is 5.32 Å². The maximum atomic E-state index is 15.2. The second-order valence-corrected chi connectivity index (χ2v) is 9.04. The predicted molar refractivity (Wildman–Crippen MR) is 142 cm³/mol. The fourth-order valence-corrected chi connectivity index (χ4v) is 4.38. The van der Waals surface area contributed by atoms with Gasteiger partial charge in [0.05, 0.1) is 24.8 Å². The molecule has 0 aliphatic carbocycles. The molecule has 0 fully saturated rings. The highest BCUT2D eigenvalue weighted by Crippen LogP contribution is 2.33. The Bertz CT molecular complexity index is 1380. The number of anilines is 1. The summed E-state index contributed by atoms with van der Waals surface area (Å²) in [4.78, 5) is 19.0. The van der Waals surface area contributed by atoms with Gasteiger partial charge in [-0.3, -0.25) is 0 Å². The molecule has 0 saturated carbocycles. The number of ether oxygens (including phenoxy) is 2. The number of halogens is 2. The van der Waals surface area contributed by atoms with Crippen LogP contribution in [0.3, 0.4) is 0 Å². The van der Waals surface area contributed by atoms with E-state index in [-0.39, 0.29) is 18.7 Å². The smallest absolute Gasteiger partial charge is 0.322 e. The minimum Gasteiger partial charge on any atom is -0.381 e. The van der Waals surface area contributed by atoms with Crippen LogP contribution in [0.1, 0.15) is 26.3 Å².